The fourth-order valence-electron chi connectivity index (χ4n) is 2.43. The standard InChI is InChI=1S/C16H20FNO3/c1-2-3-11-21-16(20)14-5-4-10-18(14)15(19)12-6-8-13(17)9-7-12/h6-9,14H,2-5,10-11H2,1H3. The van der Waals surface area contributed by atoms with E-state index < -0.39 is 6.04 Å². The van der Waals surface area contributed by atoms with E-state index in [0.29, 0.717) is 25.1 Å². The number of benzene rings is 1. The van der Waals surface area contributed by atoms with Gasteiger partial charge in [0.2, 0.25) is 0 Å². The van der Waals surface area contributed by atoms with E-state index in [2.05, 4.69) is 0 Å². The molecule has 0 bridgehead atoms. The van der Waals surface area contributed by atoms with Crippen molar-refractivity contribution in [1.82, 2.24) is 4.90 Å². The van der Waals surface area contributed by atoms with Gasteiger partial charge in [0.15, 0.2) is 0 Å². The minimum atomic E-state index is -0.514. The van der Waals surface area contributed by atoms with Crippen LogP contribution in [0.4, 0.5) is 4.39 Å². The predicted octanol–water partition coefficient (Wildman–Crippen LogP) is 2.77. The lowest BCUT2D eigenvalue weighted by atomic mass is 10.1. The number of ether oxygens (including phenoxy) is 1. The van der Waals surface area contributed by atoms with Crippen molar-refractivity contribution in [2.75, 3.05) is 13.2 Å². The Labute approximate surface area is 123 Å². The Morgan fingerprint density at radius 3 is 2.71 bits per heavy atom. The van der Waals surface area contributed by atoms with Gasteiger partial charge in [-0.25, -0.2) is 9.18 Å². The number of esters is 1. The molecule has 0 radical (unpaired) electrons. The lowest BCUT2D eigenvalue weighted by Gasteiger charge is -2.23. The quantitative estimate of drug-likeness (QED) is 0.619. The van der Waals surface area contributed by atoms with Gasteiger partial charge in [-0.15, -0.1) is 0 Å². The van der Waals surface area contributed by atoms with E-state index in [1.165, 1.54) is 29.2 Å². The van der Waals surface area contributed by atoms with E-state index in [4.69, 9.17) is 4.74 Å². The third kappa shape index (κ3) is 3.80. The smallest absolute Gasteiger partial charge is 0.328 e. The maximum absolute atomic E-state index is 12.9. The minimum absolute atomic E-state index is 0.245. The molecule has 1 atom stereocenters. The molecule has 1 heterocycles. The number of nitrogens with zero attached hydrogens (tertiary/aromatic N) is 1. The highest BCUT2D eigenvalue weighted by Crippen LogP contribution is 2.21. The molecule has 0 spiro atoms. The molecule has 21 heavy (non-hydrogen) atoms. The molecule has 2 rings (SSSR count). The van der Waals surface area contributed by atoms with E-state index >= 15 is 0 Å². The van der Waals surface area contributed by atoms with Crippen molar-refractivity contribution in [1.29, 1.82) is 0 Å². The Hall–Kier alpha value is -1.91. The monoisotopic (exact) mass is 293 g/mol. The van der Waals surface area contributed by atoms with Gasteiger partial charge in [0.25, 0.3) is 5.91 Å². The zero-order valence-corrected chi connectivity index (χ0v) is 12.2. The lowest BCUT2D eigenvalue weighted by Crippen LogP contribution is -2.41. The number of rotatable bonds is 5. The van der Waals surface area contributed by atoms with E-state index in [1.54, 1.807) is 0 Å². The van der Waals surface area contributed by atoms with Gasteiger partial charge in [0, 0.05) is 12.1 Å². The van der Waals surface area contributed by atoms with Crippen molar-refractivity contribution >= 4 is 11.9 Å². The first-order chi connectivity index (χ1) is 10.1. The lowest BCUT2D eigenvalue weighted by molar-refractivity contribution is -0.148. The molecule has 1 aliphatic heterocycles. The molecule has 1 aliphatic rings. The van der Waals surface area contributed by atoms with Crippen LogP contribution in [-0.2, 0) is 9.53 Å². The minimum Gasteiger partial charge on any atom is -0.464 e. The summed E-state index contributed by atoms with van der Waals surface area (Å²) in [6.07, 6.45) is 3.18. The van der Waals surface area contributed by atoms with Gasteiger partial charge >= 0.3 is 5.97 Å². The largest absolute Gasteiger partial charge is 0.464 e. The third-order valence-electron chi connectivity index (χ3n) is 3.62. The molecule has 5 heteroatoms. The average Bonchev–Trinajstić information content (AvgIpc) is 2.97. The molecule has 4 nitrogen and oxygen atoms in total. The first-order valence-electron chi connectivity index (χ1n) is 7.36. The van der Waals surface area contributed by atoms with Gasteiger partial charge in [-0.3, -0.25) is 4.79 Å². The first-order valence-corrected chi connectivity index (χ1v) is 7.36. The molecule has 1 saturated heterocycles. The number of unbranched alkanes of at least 4 members (excludes halogenated alkanes) is 1. The number of carbonyl (C=O) groups is 2. The van der Waals surface area contributed by atoms with Crippen LogP contribution in [0.15, 0.2) is 24.3 Å². The maximum atomic E-state index is 12.9. The predicted molar refractivity (Wildman–Crippen MR) is 76.3 cm³/mol. The van der Waals surface area contributed by atoms with E-state index in [1.807, 2.05) is 6.92 Å². The van der Waals surface area contributed by atoms with Gasteiger partial charge in [-0.2, -0.15) is 0 Å². The molecule has 114 valence electrons. The van der Waals surface area contributed by atoms with Crippen LogP contribution in [0.1, 0.15) is 43.0 Å². The Morgan fingerprint density at radius 1 is 1.33 bits per heavy atom. The number of amides is 1. The number of hydrogen-bond acceptors (Lipinski definition) is 3. The molecule has 1 fully saturated rings. The number of halogens is 1. The Bertz CT molecular complexity index is 501. The number of carbonyl (C=O) groups excluding carboxylic acids is 2. The molecular formula is C16H20FNO3. The van der Waals surface area contributed by atoms with Gasteiger partial charge < -0.3 is 9.64 Å². The molecule has 1 aromatic rings. The molecule has 0 aliphatic carbocycles. The Morgan fingerprint density at radius 2 is 2.05 bits per heavy atom. The summed E-state index contributed by atoms with van der Waals surface area (Å²) in [5.41, 5.74) is 0.393. The molecule has 1 aromatic carbocycles. The second-order valence-electron chi connectivity index (χ2n) is 5.18. The van der Waals surface area contributed by atoms with Crippen molar-refractivity contribution < 1.29 is 18.7 Å². The highest BCUT2D eigenvalue weighted by molar-refractivity contribution is 5.97. The van der Waals surface area contributed by atoms with E-state index in [9.17, 15) is 14.0 Å². The summed E-state index contributed by atoms with van der Waals surface area (Å²) >= 11 is 0. The second-order valence-corrected chi connectivity index (χ2v) is 5.18. The summed E-state index contributed by atoms with van der Waals surface area (Å²) in [7, 11) is 0. The molecule has 0 N–H and O–H groups in total. The summed E-state index contributed by atoms with van der Waals surface area (Å²) in [6.45, 7) is 2.95. The van der Waals surface area contributed by atoms with Crippen molar-refractivity contribution in [3.05, 3.63) is 35.6 Å². The average molecular weight is 293 g/mol. The van der Waals surface area contributed by atoms with Gasteiger partial charge in [0.05, 0.1) is 6.61 Å². The van der Waals surface area contributed by atoms with Crippen LogP contribution in [-0.4, -0.2) is 36.0 Å². The maximum Gasteiger partial charge on any atom is 0.328 e. The third-order valence-corrected chi connectivity index (χ3v) is 3.62. The van der Waals surface area contributed by atoms with Gasteiger partial charge in [-0.05, 0) is 43.5 Å². The Kier molecular flexibility index (Phi) is 5.31. The summed E-state index contributed by atoms with van der Waals surface area (Å²) in [6, 6.07) is 4.86. The fraction of sp³-hybridized carbons (Fsp3) is 0.500. The van der Waals surface area contributed by atoms with Crippen LogP contribution in [0.3, 0.4) is 0 Å². The summed E-state index contributed by atoms with van der Waals surface area (Å²) in [5, 5.41) is 0. The van der Waals surface area contributed by atoms with Crippen molar-refractivity contribution in [2.45, 2.75) is 38.6 Å². The summed E-state index contributed by atoms with van der Waals surface area (Å²) < 4.78 is 18.1. The topological polar surface area (TPSA) is 46.6 Å². The van der Waals surface area contributed by atoms with Crippen molar-refractivity contribution in [3.63, 3.8) is 0 Å². The highest BCUT2D eigenvalue weighted by atomic mass is 19.1. The molecule has 0 aromatic heterocycles. The molecular weight excluding hydrogens is 273 g/mol. The molecule has 1 amide bonds. The fourth-order valence-corrected chi connectivity index (χ4v) is 2.43. The number of likely N-dealkylation sites (tertiary alicyclic amines) is 1. The highest BCUT2D eigenvalue weighted by Gasteiger charge is 2.35. The van der Waals surface area contributed by atoms with Crippen LogP contribution < -0.4 is 0 Å². The van der Waals surface area contributed by atoms with Crippen molar-refractivity contribution in [2.24, 2.45) is 0 Å². The normalized spacial score (nSPS) is 17.8. The van der Waals surface area contributed by atoms with Crippen LogP contribution in [0.25, 0.3) is 0 Å². The second kappa shape index (κ2) is 7.20. The summed E-state index contributed by atoms with van der Waals surface area (Å²) in [4.78, 5) is 26.0. The number of hydrogen-bond donors (Lipinski definition) is 0. The van der Waals surface area contributed by atoms with Crippen LogP contribution >= 0.6 is 0 Å². The van der Waals surface area contributed by atoms with Crippen LogP contribution in [0.5, 0.6) is 0 Å². The Balaban J connectivity index is 2.02. The zero-order chi connectivity index (χ0) is 15.2. The first kappa shape index (κ1) is 15.5. The van der Waals surface area contributed by atoms with Gasteiger partial charge in [0.1, 0.15) is 11.9 Å². The molecule has 0 saturated carbocycles. The molecule has 1 unspecified atom stereocenters. The van der Waals surface area contributed by atoms with Crippen LogP contribution in [0.2, 0.25) is 0 Å². The zero-order valence-electron chi connectivity index (χ0n) is 12.2. The van der Waals surface area contributed by atoms with E-state index in [-0.39, 0.29) is 17.7 Å². The van der Waals surface area contributed by atoms with Crippen molar-refractivity contribution in [3.8, 4) is 0 Å². The van der Waals surface area contributed by atoms with Crippen LogP contribution in [0, 0.1) is 5.82 Å². The SMILES string of the molecule is CCCCOC(=O)C1CCCN1C(=O)c1ccc(F)cc1. The van der Waals surface area contributed by atoms with Gasteiger partial charge in [-0.1, -0.05) is 13.3 Å². The summed E-state index contributed by atoms with van der Waals surface area (Å²) in [5.74, 6) is -0.968. The van der Waals surface area contributed by atoms with E-state index in [0.717, 1.165) is 19.3 Å².